The molecule has 0 aliphatic heterocycles. The molecule has 0 aliphatic carbocycles. The first-order valence-corrected chi connectivity index (χ1v) is 26.4. The molecule has 0 saturated carbocycles. The minimum absolute atomic E-state index is 0.0871. The monoisotopic (exact) mass is 901 g/mol. The van der Waals surface area contributed by atoms with E-state index >= 15 is 0 Å². The predicted molar refractivity (Wildman–Crippen MR) is 279 cm³/mol. The second-order valence-corrected chi connectivity index (χ2v) is 17.1. The summed E-state index contributed by atoms with van der Waals surface area (Å²) in [5, 5.41) is 0. The Balaban J connectivity index is 4.12. The fourth-order valence-corrected chi connectivity index (χ4v) is 6.81. The molecule has 0 aliphatic rings. The third-order valence-electron chi connectivity index (χ3n) is 10.7. The lowest BCUT2D eigenvalue weighted by Gasteiger charge is -2.18. The van der Waals surface area contributed by atoms with Crippen LogP contribution in [0.2, 0.25) is 0 Å². The maximum absolute atomic E-state index is 12.7. The molecule has 0 aromatic carbocycles. The number of carbonyl (C=O) groups excluding carboxylic acids is 3. The van der Waals surface area contributed by atoms with Gasteiger partial charge in [-0.15, -0.1) is 0 Å². The van der Waals surface area contributed by atoms with Gasteiger partial charge in [-0.1, -0.05) is 214 Å². The quantitative estimate of drug-likeness (QED) is 0.0262. The average molecular weight is 901 g/mol. The third-order valence-corrected chi connectivity index (χ3v) is 10.7. The highest BCUT2D eigenvalue weighted by molar-refractivity contribution is 5.71. The standard InChI is InChI=1S/C59H96O6/c1-4-7-10-13-16-18-20-21-22-23-24-25-26-27-28-29-30-31-32-33-34-35-36-37-38-39-40-42-43-46-49-52-58(61)64-55-56(54-63-57(60)51-48-45-15-12-9-6-3)65-59(62)53-50-47-44-41-19-17-14-11-8-5-2/h7,10-11,14,16,18,21-22,24-25,27-28,30-31,33-34,36-37,56H,4-6,8-9,12-13,15,17,19-20,23,26,29,32,35,38-55H2,1-3H3/b10-7-,14-11-,18-16-,22-21-,25-24-,28-27-,31-30-,34-33-,37-36-. The minimum atomic E-state index is -0.784. The van der Waals surface area contributed by atoms with Gasteiger partial charge >= 0.3 is 17.9 Å². The maximum atomic E-state index is 12.7. The lowest BCUT2D eigenvalue weighted by molar-refractivity contribution is -0.167. The molecule has 0 amide bonds. The van der Waals surface area contributed by atoms with Gasteiger partial charge in [-0.2, -0.15) is 0 Å². The first-order chi connectivity index (χ1) is 32.0. The summed E-state index contributed by atoms with van der Waals surface area (Å²) in [6.45, 7) is 6.36. The van der Waals surface area contributed by atoms with E-state index in [0.717, 1.165) is 141 Å². The number of hydrogen-bond donors (Lipinski definition) is 0. The first-order valence-electron chi connectivity index (χ1n) is 26.4. The van der Waals surface area contributed by atoms with E-state index in [2.05, 4.69) is 130 Å². The Morgan fingerprint density at radius 3 is 1.02 bits per heavy atom. The summed E-state index contributed by atoms with van der Waals surface area (Å²) < 4.78 is 16.6. The van der Waals surface area contributed by atoms with Crippen LogP contribution in [0.5, 0.6) is 0 Å². The second-order valence-electron chi connectivity index (χ2n) is 17.1. The van der Waals surface area contributed by atoms with Crippen LogP contribution in [0.4, 0.5) is 0 Å². The van der Waals surface area contributed by atoms with Crippen LogP contribution in [-0.2, 0) is 28.6 Å². The van der Waals surface area contributed by atoms with Gasteiger partial charge in [0.2, 0.25) is 0 Å². The molecule has 368 valence electrons. The van der Waals surface area contributed by atoms with E-state index in [4.69, 9.17) is 14.2 Å². The van der Waals surface area contributed by atoms with E-state index in [1.165, 1.54) is 44.9 Å². The Labute approximate surface area is 400 Å². The Kier molecular flexibility index (Phi) is 49.5. The number of hydrogen-bond acceptors (Lipinski definition) is 6. The van der Waals surface area contributed by atoms with Crippen LogP contribution in [0.1, 0.15) is 226 Å². The van der Waals surface area contributed by atoms with E-state index in [9.17, 15) is 14.4 Å². The van der Waals surface area contributed by atoms with Gasteiger partial charge in [0, 0.05) is 19.3 Å². The number of ether oxygens (including phenoxy) is 3. The molecule has 6 nitrogen and oxygen atoms in total. The van der Waals surface area contributed by atoms with Gasteiger partial charge in [-0.25, -0.2) is 0 Å². The predicted octanol–water partition coefficient (Wildman–Crippen LogP) is 17.5. The molecular weight excluding hydrogens is 805 g/mol. The van der Waals surface area contributed by atoms with Crippen molar-refractivity contribution in [1.82, 2.24) is 0 Å². The number of carbonyl (C=O) groups is 3. The van der Waals surface area contributed by atoms with E-state index in [0.29, 0.717) is 19.3 Å². The summed E-state index contributed by atoms with van der Waals surface area (Å²) in [7, 11) is 0. The SMILES string of the molecule is CC/C=C\C/C=C\C/C=C\C/C=C\C/C=C\C/C=C\C/C=C\C/C=C\CCCCCCCCC(=O)OCC(COC(=O)CCCCCCCC)OC(=O)CCCCCCC/C=C\CCC. The molecule has 0 spiro atoms. The lowest BCUT2D eigenvalue weighted by atomic mass is 10.1. The van der Waals surface area contributed by atoms with Crippen molar-refractivity contribution in [2.24, 2.45) is 0 Å². The molecule has 0 radical (unpaired) electrons. The molecule has 0 heterocycles. The van der Waals surface area contributed by atoms with E-state index in [-0.39, 0.29) is 31.1 Å². The second kappa shape index (κ2) is 52.7. The van der Waals surface area contributed by atoms with Crippen molar-refractivity contribution in [1.29, 1.82) is 0 Å². The van der Waals surface area contributed by atoms with Crippen LogP contribution in [0.15, 0.2) is 109 Å². The molecule has 6 heteroatoms. The van der Waals surface area contributed by atoms with Gasteiger partial charge in [-0.3, -0.25) is 14.4 Å². The lowest BCUT2D eigenvalue weighted by Crippen LogP contribution is -2.30. The smallest absolute Gasteiger partial charge is 0.306 e. The summed E-state index contributed by atoms with van der Waals surface area (Å²) in [5.74, 6) is -0.931. The molecule has 1 atom stereocenters. The third kappa shape index (κ3) is 50.9. The molecule has 65 heavy (non-hydrogen) atoms. The van der Waals surface area contributed by atoms with Gasteiger partial charge in [0.15, 0.2) is 6.10 Å². The summed E-state index contributed by atoms with van der Waals surface area (Å²) in [6, 6.07) is 0. The van der Waals surface area contributed by atoms with Gasteiger partial charge in [0.05, 0.1) is 0 Å². The summed E-state index contributed by atoms with van der Waals surface area (Å²) in [6.07, 6.45) is 71.2. The molecular formula is C59H96O6. The fourth-order valence-electron chi connectivity index (χ4n) is 6.81. The van der Waals surface area contributed by atoms with Crippen LogP contribution >= 0.6 is 0 Å². The highest BCUT2D eigenvalue weighted by Crippen LogP contribution is 2.13. The largest absolute Gasteiger partial charge is 0.462 e. The normalized spacial score (nSPS) is 13.0. The first kappa shape index (κ1) is 61.1. The van der Waals surface area contributed by atoms with Crippen molar-refractivity contribution in [3.8, 4) is 0 Å². The van der Waals surface area contributed by atoms with Crippen molar-refractivity contribution in [3.63, 3.8) is 0 Å². The zero-order valence-corrected chi connectivity index (χ0v) is 42.0. The van der Waals surface area contributed by atoms with Crippen LogP contribution in [0, 0.1) is 0 Å². The van der Waals surface area contributed by atoms with Gasteiger partial charge in [0.25, 0.3) is 0 Å². The van der Waals surface area contributed by atoms with Crippen molar-refractivity contribution in [2.45, 2.75) is 232 Å². The van der Waals surface area contributed by atoms with E-state index in [1.54, 1.807) is 0 Å². The fraction of sp³-hybridized carbons (Fsp3) is 0.644. The van der Waals surface area contributed by atoms with Crippen molar-refractivity contribution >= 4 is 17.9 Å². The molecule has 0 fully saturated rings. The summed E-state index contributed by atoms with van der Waals surface area (Å²) in [4.78, 5) is 37.6. The van der Waals surface area contributed by atoms with Gasteiger partial charge in [-0.05, 0) is 103 Å². The van der Waals surface area contributed by atoms with Crippen molar-refractivity contribution in [3.05, 3.63) is 109 Å². The van der Waals surface area contributed by atoms with E-state index < -0.39 is 6.10 Å². The van der Waals surface area contributed by atoms with Crippen LogP contribution < -0.4 is 0 Å². The topological polar surface area (TPSA) is 78.9 Å². The van der Waals surface area contributed by atoms with Crippen molar-refractivity contribution in [2.75, 3.05) is 13.2 Å². The Morgan fingerprint density at radius 1 is 0.323 bits per heavy atom. The maximum Gasteiger partial charge on any atom is 0.306 e. The molecule has 0 bridgehead atoms. The van der Waals surface area contributed by atoms with Crippen LogP contribution in [0.3, 0.4) is 0 Å². The zero-order chi connectivity index (χ0) is 47.2. The molecule has 0 rings (SSSR count). The molecule has 0 aromatic rings. The Hall–Kier alpha value is -3.93. The Bertz CT molecular complexity index is 1360. The number of unbranched alkanes of at least 4 members (excludes halogenated alkanes) is 17. The van der Waals surface area contributed by atoms with Gasteiger partial charge in [0.1, 0.15) is 13.2 Å². The zero-order valence-electron chi connectivity index (χ0n) is 42.0. The summed E-state index contributed by atoms with van der Waals surface area (Å²) >= 11 is 0. The highest BCUT2D eigenvalue weighted by Gasteiger charge is 2.19. The minimum Gasteiger partial charge on any atom is -0.462 e. The number of rotatable bonds is 46. The van der Waals surface area contributed by atoms with E-state index in [1.807, 2.05) is 0 Å². The molecule has 0 N–H and O–H groups in total. The molecule has 1 unspecified atom stereocenters. The molecule has 0 aromatic heterocycles. The average Bonchev–Trinajstić information content (AvgIpc) is 3.30. The Morgan fingerprint density at radius 2 is 0.631 bits per heavy atom. The number of esters is 3. The summed E-state index contributed by atoms with van der Waals surface area (Å²) in [5.41, 5.74) is 0. The van der Waals surface area contributed by atoms with Gasteiger partial charge < -0.3 is 14.2 Å². The van der Waals surface area contributed by atoms with Crippen LogP contribution in [0.25, 0.3) is 0 Å². The number of allylic oxidation sites excluding steroid dienone is 18. The van der Waals surface area contributed by atoms with Crippen molar-refractivity contribution < 1.29 is 28.6 Å². The molecule has 0 saturated heterocycles. The highest BCUT2D eigenvalue weighted by atomic mass is 16.6. The van der Waals surface area contributed by atoms with Crippen LogP contribution in [-0.4, -0.2) is 37.2 Å².